The van der Waals surface area contributed by atoms with E-state index in [9.17, 15) is 10.2 Å². The molecule has 0 aromatic heterocycles. The molecular formula is C12H24O2. The molecule has 0 fully saturated rings. The Kier molecular flexibility index (Phi) is 9.00. The van der Waals surface area contributed by atoms with Gasteiger partial charge in [-0.05, 0) is 19.3 Å². The van der Waals surface area contributed by atoms with Gasteiger partial charge in [-0.25, -0.2) is 0 Å². The standard InChI is InChI=1S/C12H24O2/c1-3-5-7-9-11(13)12(14)10-8-6-4-2/h5,7,11-14H,3-4,6,8-10H2,1-2H3/b7-5-. The largest absolute Gasteiger partial charge is 0.390 e. The lowest BCUT2D eigenvalue weighted by atomic mass is 10.0. The maximum atomic E-state index is 9.56. The van der Waals surface area contributed by atoms with E-state index in [4.69, 9.17) is 0 Å². The Morgan fingerprint density at radius 3 is 2.29 bits per heavy atom. The van der Waals surface area contributed by atoms with Gasteiger partial charge in [0, 0.05) is 0 Å². The smallest absolute Gasteiger partial charge is 0.0833 e. The highest BCUT2D eigenvalue weighted by Crippen LogP contribution is 2.09. The van der Waals surface area contributed by atoms with Crippen LogP contribution in [0, 0.1) is 0 Å². The molecule has 0 aromatic rings. The van der Waals surface area contributed by atoms with Crippen molar-refractivity contribution in [3.05, 3.63) is 12.2 Å². The maximum absolute atomic E-state index is 9.56. The van der Waals surface area contributed by atoms with Crippen LogP contribution in [0.2, 0.25) is 0 Å². The first kappa shape index (κ1) is 13.7. The highest BCUT2D eigenvalue weighted by molar-refractivity contribution is 4.85. The van der Waals surface area contributed by atoms with Gasteiger partial charge in [0.2, 0.25) is 0 Å². The molecule has 84 valence electrons. The van der Waals surface area contributed by atoms with E-state index in [0.717, 1.165) is 32.1 Å². The molecule has 2 nitrogen and oxygen atoms in total. The van der Waals surface area contributed by atoms with Crippen LogP contribution < -0.4 is 0 Å². The van der Waals surface area contributed by atoms with E-state index in [1.807, 2.05) is 12.2 Å². The molecule has 0 amide bonds. The van der Waals surface area contributed by atoms with Crippen LogP contribution in [0.25, 0.3) is 0 Å². The minimum absolute atomic E-state index is 0.553. The molecule has 2 unspecified atom stereocenters. The number of hydrogen-bond donors (Lipinski definition) is 2. The fourth-order valence-electron chi connectivity index (χ4n) is 1.36. The predicted molar refractivity (Wildman–Crippen MR) is 60.2 cm³/mol. The Labute approximate surface area is 87.7 Å². The molecule has 0 heterocycles. The molecule has 0 saturated heterocycles. The predicted octanol–water partition coefficient (Wildman–Crippen LogP) is 2.64. The molecule has 2 heteroatoms. The van der Waals surface area contributed by atoms with Crippen molar-refractivity contribution < 1.29 is 10.2 Å². The fourth-order valence-corrected chi connectivity index (χ4v) is 1.36. The second-order valence-electron chi connectivity index (χ2n) is 3.75. The van der Waals surface area contributed by atoms with Gasteiger partial charge in [-0.3, -0.25) is 0 Å². The Balaban J connectivity index is 3.53. The summed E-state index contributed by atoms with van der Waals surface area (Å²) in [6.45, 7) is 4.19. The van der Waals surface area contributed by atoms with Crippen molar-refractivity contribution in [3.8, 4) is 0 Å². The van der Waals surface area contributed by atoms with E-state index < -0.39 is 12.2 Å². The minimum atomic E-state index is -0.588. The van der Waals surface area contributed by atoms with Gasteiger partial charge in [0.25, 0.3) is 0 Å². The van der Waals surface area contributed by atoms with Crippen LogP contribution in [0.4, 0.5) is 0 Å². The third-order valence-electron chi connectivity index (χ3n) is 2.33. The molecule has 0 aliphatic carbocycles. The van der Waals surface area contributed by atoms with Gasteiger partial charge >= 0.3 is 0 Å². The Hall–Kier alpha value is -0.340. The van der Waals surface area contributed by atoms with E-state index in [2.05, 4.69) is 13.8 Å². The average Bonchev–Trinajstić information content (AvgIpc) is 2.18. The van der Waals surface area contributed by atoms with E-state index in [1.54, 1.807) is 0 Å². The molecule has 0 radical (unpaired) electrons. The summed E-state index contributed by atoms with van der Waals surface area (Å²) in [6, 6.07) is 0. The Morgan fingerprint density at radius 2 is 1.71 bits per heavy atom. The summed E-state index contributed by atoms with van der Waals surface area (Å²) in [5.41, 5.74) is 0. The quantitative estimate of drug-likeness (QED) is 0.467. The summed E-state index contributed by atoms with van der Waals surface area (Å²) in [5.74, 6) is 0. The second kappa shape index (κ2) is 9.22. The Morgan fingerprint density at radius 1 is 1.00 bits per heavy atom. The topological polar surface area (TPSA) is 40.5 Å². The summed E-state index contributed by atoms with van der Waals surface area (Å²) in [6.07, 6.45) is 8.38. The lowest BCUT2D eigenvalue weighted by molar-refractivity contribution is 0.0153. The molecule has 0 aliphatic heterocycles. The average molecular weight is 200 g/mol. The zero-order valence-corrected chi connectivity index (χ0v) is 9.45. The van der Waals surface area contributed by atoms with Gasteiger partial charge in [-0.15, -0.1) is 0 Å². The van der Waals surface area contributed by atoms with Crippen molar-refractivity contribution in [3.63, 3.8) is 0 Å². The summed E-state index contributed by atoms with van der Waals surface area (Å²) in [5, 5.41) is 19.1. The summed E-state index contributed by atoms with van der Waals surface area (Å²) >= 11 is 0. The zero-order chi connectivity index (χ0) is 10.8. The third-order valence-corrected chi connectivity index (χ3v) is 2.33. The minimum Gasteiger partial charge on any atom is -0.390 e. The van der Waals surface area contributed by atoms with Crippen LogP contribution in [-0.2, 0) is 0 Å². The van der Waals surface area contributed by atoms with Gasteiger partial charge < -0.3 is 10.2 Å². The molecule has 0 aliphatic rings. The number of aliphatic hydroxyl groups excluding tert-OH is 2. The van der Waals surface area contributed by atoms with Gasteiger partial charge in [-0.1, -0.05) is 45.3 Å². The van der Waals surface area contributed by atoms with Gasteiger partial charge in [0.1, 0.15) is 0 Å². The lowest BCUT2D eigenvalue weighted by Crippen LogP contribution is -2.25. The molecule has 0 spiro atoms. The van der Waals surface area contributed by atoms with E-state index >= 15 is 0 Å². The molecule has 14 heavy (non-hydrogen) atoms. The van der Waals surface area contributed by atoms with Crippen molar-refractivity contribution in [2.75, 3.05) is 0 Å². The third kappa shape index (κ3) is 7.10. The van der Waals surface area contributed by atoms with E-state index in [0.29, 0.717) is 6.42 Å². The monoisotopic (exact) mass is 200 g/mol. The highest BCUT2D eigenvalue weighted by atomic mass is 16.3. The lowest BCUT2D eigenvalue weighted by Gasteiger charge is -2.15. The van der Waals surface area contributed by atoms with E-state index in [1.165, 1.54) is 0 Å². The first-order chi connectivity index (χ1) is 6.72. The summed E-state index contributed by atoms with van der Waals surface area (Å²) in [4.78, 5) is 0. The van der Waals surface area contributed by atoms with Crippen LogP contribution in [-0.4, -0.2) is 22.4 Å². The van der Waals surface area contributed by atoms with Gasteiger partial charge in [0.05, 0.1) is 12.2 Å². The number of unbranched alkanes of at least 4 members (excludes halogenated alkanes) is 2. The van der Waals surface area contributed by atoms with Crippen LogP contribution >= 0.6 is 0 Å². The van der Waals surface area contributed by atoms with Crippen LogP contribution in [0.3, 0.4) is 0 Å². The van der Waals surface area contributed by atoms with Gasteiger partial charge in [-0.2, -0.15) is 0 Å². The normalized spacial score (nSPS) is 16.0. The van der Waals surface area contributed by atoms with Crippen LogP contribution in [0.5, 0.6) is 0 Å². The van der Waals surface area contributed by atoms with Crippen molar-refractivity contribution >= 4 is 0 Å². The SMILES string of the molecule is CC/C=C\CC(O)C(O)CCCCC. The second-order valence-corrected chi connectivity index (χ2v) is 3.75. The van der Waals surface area contributed by atoms with Crippen molar-refractivity contribution in [2.45, 2.75) is 64.6 Å². The maximum Gasteiger partial charge on any atom is 0.0833 e. The molecule has 0 saturated carbocycles. The molecular weight excluding hydrogens is 176 g/mol. The van der Waals surface area contributed by atoms with Crippen molar-refractivity contribution in [1.29, 1.82) is 0 Å². The first-order valence-corrected chi connectivity index (χ1v) is 5.73. The Bertz CT molecular complexity index is 143. The molecule has 0 rings (SSSR count). The highest BCUT2D eigenvalue weighted by Gasteiger charge is 2.13. The number of rotatable bonds is 8. The number of aliphatic hydroxyl groups is 2. The van der Waals surface area contributed by atoms with Crippen LogP contribution in [0.15, 0.2) is 12.2 Å². The first-order valence-electron chi connectivity index (χ1n) is 5.73. The van der Waals surface area contributed by atoms with Crippen LogP contribution in [0.1, 0.15) is 52.4 Å². The van der Waals surface area contributed by atoms with Gasteiger partial charge in [0.15, 0.2) is 0 Å². The number of allylic oxidation sites excluding steroid dienone is 1. The number of hydrogen-bond acceptors (Lipinski definition) is 2. The summed E-state index contributed by atoms with van der Waals surface area (Å²) < 4.78 is 0. The molecule has 0 aromatic carbocycles. The summed E-state index contributed by atoms with van der Waals surface area (Å²) in [7, 11) is 0. The molecule has 0 bridgehead atoms. The van der Waals surface area contributed by atoms with E-state index in [-0.39, 0.29) is 0 Å². The van der Waals surface area contributed by atoms with Crippen molar-refractivity contribution in [2.24, 2.45) is 0 Å². The molecule has 2 N–H and O–H groups in total. The molecule has 2 atom stereocenters. The van der Waals surface area contributed by atoms with Crippen molar-refractivity contribution in [1.82, 2.24) is 0 Å². The zero-order valence-electron chi connectivity index (χ0n) is 9.45. The fraction of sp³-hybridized carbons (Fsp3) is 0.833.